The van der Waals surface area contributed by atoms with E-state index < -0.39 is 0 Å². The van der Waals surface area contributed by atoms with E-state index in [-0.39, 0.29) is 6.61 Å². The Bertz CT molecular complexity index is 1150. The van der Waals surface area contributed by atoms with Crippen molar-refractivity contribution in [3.8, 4) is 17.6 Å². The molecule has 1 saturated heterocycles. The lowest BCUT2D eigenvalue weighted by molar-refractivity contribution is 0.172. The quantitative estimate of drug-likeness (QED) is 0.326. The van der Waals surface area contributed by atoms with E-state index in [1.54, 1.807) is 0 Å². The van der Waals surface area contributed by atoms with Gasteiger partial charge in [-0.25, -0.2) is 0 Å². The topological polar surface area (TPSA) is 77.8 Å². The van der Waals surface area contributed by atoms with Crippen LogP contribution in [0.5, 0.6) is 11.5 Å². The second kappa shape index (κ2) is 15.0. The summed E-state index contributed by atoms with van der Waals surface area (Å²) < 4.78 is 12.1. The van der Waals surface area contributed by atoms with Gasteiger partial charge >= 0.3 is 0 Å². The highest BCUT2D eigenvalue weighted by Crippen LogP contribution is 2.24. The number of aliphatic hydroxyl groups excluding tert-OH is 1. The molecule has 0 atom stereocenters. The molecular formula is C31H39N3O3. The fourth-order valence-corrected chi connectivity index (χ4v) is 4.14. The van der Waals surface area contributed by atoms with Crippen LogP contribution in [0.25, 0.3) is 0 Å². The van der Waals surface area contributed by atoms with Gasteiger partial charge < -0.3 is 19.9 Å². The Kier molecular flexibility index (Phi) is 11.4. The van der Waals surface area contributed by atoms with E-state index in [4.69, 9.17) is 14.6 Å². The van der Waals surface area contributed by atoms with Crippen LogP contribution in [-0.2, 0) is 26.3 Å². The van der Waals surface area contributed by atoms with E-state index in [2.05, 4.69) is 35.3 Å². The van der Waals surface area contributed by atoms with Gasteiger partial charge in [0.2, 0.25) is 0 Å². The molecule has 0 aromatic heterocycles. The number of aryl methyl sites for hydroxylation is 1. The number of nitriles is 1. The average molecular weight is 502 g/mol. The summed E-state index contributed by atoms with van der Waals surface area (Å²) in [7, 11) is 0. The van der Waals surface area contributed by atoms with Crippen molar-refractivity contribution in [1.82, 2.24) is 10.2 Å². The third kappa shape index (κ3) is 8.33. The molecule has 3 aromatic rings. The average Bonchev–Trinajstić information content (AvgIpc) is 2.91. The Morgan fingerprint density at radius 3 is 2.22 bits per heavy atom. The van der Waals surface area contributed by atoms with Crippen LogP contribution in [-0.4, -0.2) is 36.2 Å². The maximum atomic E-state index is 9.85. The normalized spacial score (nSPS) is 12.6. The molecule has 1 aliphatic rings. The number of rotatable bonds is 12. The number of nitrogens with one attached hydrogen (secondary N) is 1. The summed E-state index contributed by atoms with van der Waals surface area (Å²) in [5, 5.41) is 21.9. The second-order valence-corrected chi connectivity index (χ2v) is 8.91. The highest BCUT2D eigenvalue weighted by Gasteiger charge is 2.15. The van der Waals surface area contributed by atoms with Gasteiger partial charge in [0.05, 0.1) is 18.2 Å². The lowest BCUT2D eigenvalue weighted by Gasteiger charge is -2.30. The van der Waals surface area contributed by atoms with Gasteiger partial charge in [0.25, 0.3) is 0 Å². The van der Waals surface area contributed by atoms with Crippen LogP contribution >= 0.6 is 0 Å². The molecule has 0 saturated carbocycles. The highest BCUT2D eigenvalue weighted by atomic mass is 16.5. The van der Waals surface area contributed by atoms with Gasteiger partial charge in [-0.05, 0) is 61.3 Å². The Morgan fingerprint density at radius 2 is 1.62 bits per heavy atom. The molecule has 0 radical (unpaired) electrons. The zero-order chi connectivity index (χ0) is 26.5. The SMILES string of the molecule is CC.Cc1cc(CN2CCC2)ccc1OCc1cccc(COc2ccc(CNCCO)cc2)c1C#N. The lowest BCUT2D eigenvalue weighted by Crippen LogP contribution is -2.36. The molecule has 0 unspecified atom stereocenters. The van der Waals surface area contributed by atoms with E-state index in [9.17, 15) is 5.26 Å². The van der Waals surface area contributed by atoms with Crippen molar-refractivity contribution < 1.29 is 14.6 Å². The fraction of sp³-hybridized carbons (Fsp3) is 0.387. The third-order valence-electron chi connectivity index (χ3n) is 6.26. The lowest BCUT2D eigenvalue weighted by atomic mass is 10.0. The monoisotopic (exact) mass is 501 g/mol. The summed E-state index contributed by atoms with van der Waals surface area (Å²) in [6.07, 6.45) is 1.29. The molecule has 2 N–H and O–H groups in total. The maximum absolute atomic E-state index is 9.85. The van der Waals surface area contributed by atoms with Crippen molar-refractivity contribution in [1.29, 1.82) is 5.26 Å². The van der Waals surface area contributed by atoms with Gasteiger partial charge in [0.1, 0.15) is 24.7 Å². The summed E-state index contributed by atoms with van der Waals surface area (Å²) in [4.78, 5) is 2.44. The molecule has 6 nitrogen and oxygen atoms in total. The Balaban J connectivity index is 0.00000186. The molecule has 196 valence electrons. The van der Waals surface area contributed by atoms with Gasteiger partial charge in [0.15, 0.2) is 0 Å². The van der Waals surface area contributed by atoms with Crippen LogP contribution in [0.1, 0.15) is 53.6 Å². The molecule has 0 spiro atoms. The molecule has 6 heteroatoms. The van der Waals surface area contributed by atoms with E-state index in [0.717, 1.165) is 40.3 Å². The number of aliphatic hydroxyl groups is 1. The standard InChI is InChI=1S/C29H33N3O3.C2H6/c1-22-16-24(19-32-13-3-14-32)8-11-29(22)35-21-26-5-2-4-25(28(26)17-30)20-34-27-9-6-23(7-10-27)18-31-12-15-33;1-2/h2,4-11,16,31,33H,3,12-15,18-21H2,1H3;1-2H3. The zero-order valence-corrected chi connectivity index (χ0v) is 22.3. The first-order chi connectivity index (χ1) is 18.2. The minimum Gasteiger partial charge on any atom is -0.489 e. The van der Waals surface area contributed by atoms with Gasteiger partial charge in [-0.3, -0.25) is 4.90 Å². The summed E-state index contributed by atoms with van der Waals surface area (Å²) in [6, 6.07) is 22.3. The van der Waals surface area contributed by atoms with E-state index in [0.29, 0.717) is 31.9 Å². The largest absolute Gasteiger partial charge is 0.489 e. The van der Waals surface area contributed by atoms with Gasteiger partial charge in [0, 0.05) is 30.8 Å². The minimum absolute atomic E-state index is 0.122. The van der Waals surface area contributed by atoms with Crippen LogP contribution < -0.4 is 14.8 Å². The van der Waals surface area contributed by atoms with Gasteiger partial charge in [-0.2, -0.15) is 5.26 Å². The molecule has 4 rings (SSSR count). The van der Waals surface area contributed by atoms with Crippen molar-refractivity contribution in [2.24, 2.45) is 0 Å². The van der Waals surface area contributed by atoms with E-state index in [1.807, 2.05) is 62.4 Å². The fourth-order valence-electron chi connectivity index (χ4n) is 4.14. The van der Waals surface area contributed by atoms with Crippen molar-refractivity contribution in [3.63, 3.8) is 0 Å². The van der Waals surface area contributed by atoms with Gasteiger partial charge in [-0.1, -0.05) is 56.3 Å². The second-order valence-electron chi connectivity index (χ2n) is 8.91. The Morgan fingerprint density at radius 1 is 0.946 bits per heavy atom. The number of benzene rings is 3. The van der Waals surface area contributed by atoms with Gasteiger partial charge in [-0.15, -0.1) is 0 Å². The molecule has 3 aromatic carbocycles. The smallest absolute Gasteiger partial charge is 0.122 e. The molecule has 0 bridgehead atoms. The number of hydrogen-bond acceptors (Lipinski definition) is 6. The molecule has 1 fully saturated rings. The van der Waals surface area contributed by atoms with Crippen molar-refractivity contribution in [3.05, 3.63) is 94.0 Å². The molecule has 0 amide bonds. The van der Waals surface area contributed by atoms with Crippen LogP contribution in [0, 0.1) is 18.3 Å². The number of hydrogen-bond donors (Lipinski definition) is 2. The predicted octanol–water partition coefficient (Wildman–Crippen LogP) is 5.34. The van der Waals surface area contributed by atoms with E-state index in [1.165, 1.54) is 25.1 Å². The molecule has 1 aliphatic heterocycles. The van der Waals surface area contributed by atoms with Crippen LogP contribution in [0.3, 0.4) is 0 Å². The first-order valence-corrected chi connectivity index (χ1v) is 13.1. The third-order valence-corrected chi connectivity index (χ3v) is 6.26. The summed E-state index contributed by atoms with van der Waals surface area (Å²) in [5.41, 5.74) is 5.82. The number of nitrogens with zero attached hydrogens (tertiary/aromatic N) is 2. The summed E-state index contributed by atoms with van der Waals surface area (Å²) in [5.74, 6) is 1.59. The maximum Gasteiger partial charge on any atom is 0.122 e. The Hall–Kier alpha value is -3.37. The molecule has 0 aliphatic carbocycles. The van der Waals surface area contributed by atoms with Crippen LogP contribution in [0.4, 0.5) is 0 Å². The van der Waals surface area contributed by atoms with E-state index >= 15 is 0 Å². The molecule has 1 heterocycles. The Labute approximate surface area is 221 Å². The van der Waals surface area contributed by atoms with Crippen molar-refractivity contribution in [2.75, 3.05) is 26.2 Å². The summed E-state index contributed by atoms with van der Waals surface area (Å²) in [6.45, 7) is 11.5. The number of ether oxygens (including phenoxy) is 2. The predicted molar refractivity (Wildman–Crippen MR) is 147 cm³/mol. The summed E-state index contributed by atoms with van der Waals surface area (Å²) >= 11 is 0. The molecular weight excluding hydrogens is 462 g/mol. The van der Waals surface area contributed by atoms with Crippen molar-refractivity contribution >= 4 is 0 Å². The van der Waals surface area contributed by atoms with Crippen LogP contribution in [0.15, 0.2) is 60.7 Å². The van der Waals surface area contributed by atoms with Crippen LogP contribution in [0.2, 0.25) is 0 Å². The minimum atomic E-state index is 0.122. The van der Waals surface area contributed by atoms with Crippen molar-refractivity contribution in [2.45, 2.75) is 53.5 Å². The number of likely N-dealkylation sites (tertiary alicyclic amines) is 1. The zero-order valence-electron chi connectivity index (χ0n) is 22.3. The molecule has 37 heavy (non-hydrogen) atoms. The first-order valence-electron chi connectivity index (χ1n) is 13.1. The first kappa shape index (κ1) is 28.2. The highest BCUT2D eigenvalue weighted by molar-refractivity contribution is 5.45.